The van der Waals surface area contributed by atoms with Crippen molar-refractivity contribution in [2.45, 2.75) is 36.8 Å². The number of hydrogen-bond acceptors (Lipinski definition) is 12. The largest absolute Gasteiger partial charge is 0.460 e. The number of alkyl halides is 3. The SMILES string of the molecule is CCOC(=O)c1cc(=O)c2c(CBr)cccc2o1.CCOC(=O)c1cc(=O)c2cc(CBr)ccc2o1.CCOC(=O)c1cc(=O)c2ccc(CBr)cc2o1. The van der Waals surface area contributed by atoms with Gasteiger partial charge in [0, 0.05) is 34.2 Å². The molecule has 0 aliphatic heterocycles. The van der Waals surface area contributed by atoms with Crippen LogP contribution in [-0.4, -0.2) is 37.7 Å². The zero-order chi connectivity index (χ0) is 39.4. The zero-order valence-corrected chi connectivity index (χ0v) is 34.0. The first-order valence-electron chi connectivity index (χ1n) is 16.4. The average Bonchev–Trinajstić information content (AvgIpc) is 3.17. The minimum atomic E-state index is -0.624. The van der Waals surface area contributed by atoms with Gasteiger partial charge in [0.1, 0.15) is 16.7 Å². The first-order valence-corrected chi connectivity index (χ1v) is 19.7. The summed E-state index contributed by atoms with van der Waals surface area (Å²) >= 11 is 9.95. The molecule has 0 aliphatic carbocycles. The van der Waals surface area contributed by atoms with Crippen molar-refractivity contribution in [2.75, 3.05) is 19.8 Å². The van der Waals surface area contributed by atoms with E-state index in [4.69, 9.17) is 27.5 Å². The topological polar surface area (TPSA) is 170 Å². The van der Waals surface area contributed by atoms with Crippen LogP contribution in [0, 0.1) is 0 Å². The Hall–Kier alpha value is -4.86. The van der Waals surface area contributed by atoms with Crippen molar-refractivity contribution in [3.05, 3.63) is 137 Å². The number of fused-ring (bicyclic) bond motifs is 3. The maximum absolute atomic E-state index is 12.0. The highest BCUT2D eigenvalue weighted by molar-refractivity contribution is 9.09. The van der Waals surface area contributed by atoms with Gasteiger partial charge in [0.25, 0.3) is 0 Å². The Labute approximate surface area is 332 Å². The summed E-state index contributed by atoms with van der Waals surface area (Å²) in [4.78, 5) is 70.3. The standard InChI is InChI=1S/3C13H11BrO4/c1-2-17-13(16)12-6-10(15)9-5-8(7-14)3-4-11(9)18-12;1-2-17-13(16)12-6-10(15)9-4-3-8(7-14)5-11(9)18-12;1-2-17-13(16)11-6-9(15)12-8(7-14)4-3-5-10(12)18-11/h3*3-6H,2,7H2,1H3. The number of ether oxygens (including phenoxy) is 3. The molecule has 0 unspecified atom stereocenters. The molecule has 282 valence electrons. The first-order chi connectivity index (χ1) is 26.0. The summed E-state index contributed by atoms with van der Waals surface area (Å²) in [5.74, 6) is -2.08. The summed E-state index contributed by atoms with van der Waals surface area (Å²) < 4.78 is 30.6. The predicted molar refractivity (Wildman–Crippen MR) is 213 cm³/mol. The minimum Gasteiger partial charge on any atom is -0.460 e. The molecule has 3 aromatic heterocycles. The fraction of sp³-hybridized carbons (Fsp3) is 0.231. The second-order valence-electron chi connectivity index (χ2n) is 10.9. The molecule has 6 rings (SSSR count). The number of hydrogen-bond donors (Lipinski definition) is 0. The van der Waals surface area contributed by atoms with E-state index >= 15 is 0 Å². The van der Waals surface area contributed by atoms with Crippen molar-refractivity contribution in [3.8, 4) is 0 Å². The highest BCUT2D eigenvalue weighted by Crippen LogP contribution is 2.20. The third-order valence-electron chi connectivity index (χ3n) is 7.31. The first kappa shape index (κ1) is 41.9. The van der Waals surface area contributed by atoms with Crippen LogP contribution in [0.1, 0.15) is 69.1 Å². The molecule has 3 aromatic carbocycles. The van der Waals surface area contributed by atoms with E-state index in [1.54, 1.807) is 57.2 Å². The van der Waals surface area contributed by atoms with E-state index in [9.17, 15) is 28.8 Å². The van der Waals surface area contributed by atoms with E-state index < -0.39 is 17.9 Å². The van der Waals surface area contributed by atoms with Gasteiger partial charge in [0.05, 0.1) is 36.0 Å². The molecule has 0 bridgehead atoms. The Morgan fingerprint density at radius 3 is 1.54 bits per heavy atom. The van der Waals surface area contributed by atoms with Gasteiger partial charge in [-0.15, -0.1) is 0 Å². The van der Waals surface area contributed by atoms with E-state index in [1.807, 2.05) is 18.2 Å². The van der Waals surface area contributed by atoms with Crippen molar-refractivity contribution in [3.63, 3.8) is 0 Å². The third-order valence-corrected chi connectivity index (χ3v) is 9.21. The molecule has 0 saturated carbocycles. The summed E-state index contributed by atoms with van der Waals surface area (Å²) in [6.07, 6.45) is 0. The molecular weight excluding hydrogens is 900 g/mol. The van der Waals surface area contributed by atoms with Gasteiger partial charge in [-0.1, -0.05) is 72.1 Å². The summed E-state index contributed by atoms with van der Waals surface area (Å²) in [5, 5.41) is 3.25. The fourth-order valence-electron chi connectivity index (χ4n) is 4.87. The number of rotatable bonds is 9. The smallest absolute Gasteiger partial charge is 0.374 e. The Bertz CT molecular complexity index is 2460. The minimum absolute atomic E-state index is 0.0685. The van der Waals surface area contributed by atoms with Gasteiger partial charge in [-0.3, -0.25) is 14.4 Å². The summed E-state index contributed by atoms with van der Waals surface area (Å²) in [7, 11) is 0. The van der Waals surface area contributed by atoms with Gasteiger partial charge >= 0.3 is 17.9 Å². The van der Waals surface area contributed by atoms with E-state index in [1.165, 1.54) is 12.1 Å². The molecule has 15 heteroatoms. The molecular formula is C39H33Br3O12. The summed E-state index contributed by atoms with van der Waals surface area (Å²) in [5.41, 5.74) is 3.19. The van der Waals surface area contributed by atoms with Crippen molar-refractivity contribution in [1.82, 2.24) is 0 Å². The van der Waals surface area contributed by atoms with Crippen molar-refractivity contribution >= 4 is 98.6 Å². The maximum Gasteiger partial charge on any atom is 0.374 e. The highest BCUT2D eigenvalue weighted by atomic mass is 79.9. The summed E-state index contributed by atoms with van der Waals surface area (Å²) in [6.45, 7) is 5.80. The van der Waals surface area contributed by atoms with Gasteiger partial charge in [-0.05, 0) is 67.8 Å². The van der Waals surface area contributed by atoms with Crippen LogP contribution >= 0.6 is 47.8 Å². The normalized spacial score (nSPS) is 10.6. The van der Waals surface area contributed by atoms with Gasteiger partial charge < -0.3 is 27.5 Å². The van der Waals surface area contributed by atoms with E-state index in [0.29, 0.717) is 48.9 Å². The lowest BCUT2D eigenvalue weighted by molar-refractivity contribution is 0.0482. The quantitative estimate of drug-likeness (QED) is 0.0770. The number of esters is 3. The number of benzene rings is 3. The second kappa shape index (κ2) is 20.0. The molecule has 0 saturated heterocycles. The van der Waals surface area contributed by atoms with E-state index in [-0.39, 0.29) is 53.4 Å². The monoisotopic (exact) mass is 930 g/mol. The lowest BCUT2D eigenvalue weighted by Gasteiger charge is -2.04. The zero-order valence-electron chi connectivity index (χ0n) is 29.2. The molecule has 0 aliphatic rings. The Morgan fingerprint density at radius 2 is 1.00 bits per heavy atom. The number of carbonyl (C=O) groups excluding carboxylic acids is 3. The van der Waals surface area contributed by atoms with E-state index in [2.05, 4.69) is 47.8 Å². The van der Waals surface area contributed by atoms with Crippen LogP contribution in [0.5, 0.6) is 0 Å². The van der Waals surface area contributed by atoms with Gasteiger partial charge in [0.2, 0.25) is 17.3 Å². The lowest BCUT2D eigenvalue weighted by atomic mass is 10.1. The van der Waals surface area contributed by atoms with Crippen molar-refractivity contribution in [1.29, 1.82) is 0 Å². The van der Waals surface area contributed by atoms with Crippen LogP contribution < -0.4 is 16.3 Å². The van der Waals surface area contributed by atoms with Crippen LogP contribution in [0.15, 0.2) is 100 Å². The molecule has 54 heavy (non-hydrogen) atoms. The molecule has 0 amide bonds. The van der Waals surface area contributed by atoms with Crippen LogP contribution in [0.4, 0.5) is 0 Å². The van der Waals surface area contributed by atoms with E-state index in [0.717, 1.165) is 22.8 Å². The Morgan fingerprint density at radius 1 is 0.519 bits per heavy atom. The molecule has 12 nitrogen and oxygen atoms in total. The van der Waals surface area contributed by atoms with Crippen molar-refractivity contribution in [2.24, 2.45) is 0 Å². The molecule has 0 radical (unpaired) electrons. The second-order valence-corrected chi connectivity index (χ2v) is 12.6. The molecule has 0 atom stereocenters. The third kappa shape index (κ3) is 10.4. The van der Waals surface area contributed by atoms with Crippen molar-refractivity contribution < 1.29 is 41.8 Å². The predicted octanol–water partition coefficient (Wildman–Crippen LogP) is 8.59. The summed E-state index contributed by atoms with van der Waals surface area (Å²) in [6, 6.07) is 19.3. The number of halogens is 3. The van der Waals surface area contributed by atoms with Crippen LogP contribution in [-0.2, 0) is 30.2 Å². The molecule has 0 fully saturated rings. The molecule has 3 heterocycles. The van der Waals surface area contributed by atoms with Crippen LogP contribution in [0.2, 0.25) is 0 Å². The van der Waals surface area contributed by atoms with Crippen LogP contribution in [0.25, 0.3) is 32.9 Å². The average molecular weight is 933 g/mol. The Kier molecular flexibility index (Phi) is 15.5. The Balaban J connectivity index is 0.000000180. The molecule has 0 spiro atoms. The molecule has 0 N–H and O–H groups in total. The number of carbonyl (C=O) groups is 3. The molecule has 6 aromatic rings. The van der Waals surface area contributed by atoms with Gasteiger partial charge in [-0.2, -0.15) is 0 Å². The lowest BCUT2D eigenvalue weighted by Crippen LogP contribution is -2.10. The van der Waals surface area contributed by atoms with Gasteiger partial charge in [-0.25, -0.2) is 14.4 Å². The fourth-order valence-corrected chi connectivity index (χ4v) is 6.03. The maximum atomic E-state index is 12.0. The highest BCUT2D eigenvalue weighted by Gasteiger charge is 2.16. The van der Waals surface area contributed by atoms with Crippen LogP contribution in [0.3, 0.4) is 0 Å². The van der Waals surface area contributed by atoms with Gasteiger partial charge in [0.15, 0.2) is 16.3 Å².